The van der Waals surface area contributed by atoms with Crippen LogP contribution in [-0.4, -0.2) is 11.8 Å². The van der Waals surface area contributed by atoms with E-state index in [1.54, 1.807) is 18.2 Å². The first-order valence-electron chi connectivity index (χ1n) is 3.48. The van der Waals surface area contributed by atoms with E-state index >= 15 is 0 Å². The summed E-state index contributed by atoms with van der Waals surface area (Å²) in [5.74, 6) is -0.501. The van der Waals surface area contributed by atoms with Crippen LogP contribution < -0.4 is 10.6 Å². The van der Waals surface area contributed by atoms with E-state index in [-0.39, 0.29) is 12.4 Å². The molecule has 70 valence electrons. The zero-order valence-electron chi connectivity index (χ0n) is 6.89. The van der Waals surface area contributed by atoms with E-state index in [0.717, 1.165) is 4.73 Å². The molecule has 0 unspecified atom stereocenters. The van der Waals surface area contributed by atoms with E-state index in [1.165, 1.54) is 7.11 Å². The monoisotopic (exact) mass is 201 g/mol. The maximum Gasteiger partial charge on any atom is 0.453 e. The zero-order valence-corrected chi connectivity index (χ0v) is 7.71. The van der Waals surface area contributed by atoms with E-state index in [4.69, 9.17) is 9.25 Å². The van der Waals surface area contributed by atoms with Gasteiger partial charge in [0.2, 0.25) is 0 Å². The average Bonchev–Trinajstić information content (AvgIpc) is 2.40. The molecule has 0 N–H and O–H groups in total. The zero-order chi connectivity index (χ0) is 8.55. The Balaban J connectivity index is 0.000000845. The molecule has 0 fully saturated rings. The molecule has 1 aromatic heterocycles. The Labute approximate surface area is 80.1 Å². The highest BCUT2D eigenvalue weighted by molar-refractivity contribution is 5.85. The lowest BCUT2D eigenvalue weighted by Crippen LogP contribution is -2.19. The molecule has 0 radical (unpaired) electrons. The molecule has 0 aliphatic heterocycles. The molecule has 1 aromatic carbocycles. The second-order valence-electron chi connectivity index (χ2n) is 2.31. The molecule has 4 nitrogen and oxygen atoms in total. The van der Waals surface area contributed by atoms with Gasteiger partial charge in [-0.2, -0.15) is 0 Å². The van der Waals surface area contributed by atoms with Crippen molar-refractivity contribution in [3.8, 4) is 0 Å². The third-order valence-corrected chi connectivity index (χ3v) is 1.63. The van der Waals surface area contributed by atoms with Crippen molar-refractivity contribution in [3.05, 3.63) is 34.8 Å². The predicted molar refractivity (Wildman–Crippen MR) is 50.2 cm³/mol. The summed E-state index contributed by atoms with van der Waals surface area (Å²) >= 11 is 0. The topological polar surface area (TPSA) is 44.4 Å². The summed E-state index contributed by atoms with van der Waals surface area (Å²) in [5, 5.41) is 0. The minimum absolute atomic E-state index is 0. The summed E-state index contributed by atoms with van der Waals surface area (Å²) < 4.78 is 5.98. The van der Waals surface area contributed by atoms with Crippen molar-refractivity contribution in [2.24, 2.45) is 0 Å². The van der Waals surface area contributed by atoms with Gasteiger partial charge in [-0.15, -0.1) is 17.1 Å². The van der Waals surface area contributed by atoms with Crippen molar-refractivity contribution >= 4 is 23.5 Å². The van der Waals surface area contributed by atoms with Crippen LogP contribution in [0.25, 0.3) is 11.1 Å². The summed E-state index contributed by atoms with van der Waals surface area (Å²) in [4.78, 5) is 15.8. The molecule has 1 heterocycles. The van der Waals surface area contributed by atoms with Crippen LogP contribution in [0.4, 0.5) is 0 Å². The average molecular weight is 202 g/mol. The Bertz CT molecular complexity index is 460. The van der Waals surface area contributed by atoms with E-state index in [9.17, 15) is 4.79 Å². The Kier molecular flexibility index (Phi) is 2.63. The highest BCUT2D eigenvalue weighted by Crippen LogP contribution is 2.09. The van der Waals surface area contributed by atoms with Gasteiger partial charge in [0.25, 0.3) is 0 Å². The van der Waals surface area contributed by atoms with Gasteiger partial charge in [-0.1, -0.05) is 12.1 Å². The van der Waals surface area contributed by atoms with Crippen molar-refractivity contribution in [1.82, 2.24) is 4.73 Å². The van der Waals surface area contributed by atoms with E-state index in [1.807, 2.05) is 6.07 Å². The van der Waals surface area contributed by atoms with Crippen LogP contribution in [0.15, 0.2) is 33.5 Å². The molecule has 2 rings (SSSR count). The van der Waals surface area contributed by atoms with Gasteiger partial charge >= 0.3 is 5.76 Å². The third kappa shape index (κ3) is 1.40. The Morgan fingerprint density at radius 3 is 2.77 bits per heavy atom. The van der Waals surface area contributed by atoms with Gasteiger partial charge in [0.05, 0.1) is 0 Å². The van der Waals surface area contributed by atoms with Crippen LogP contribution in [0.5, 0.6) is 0 Å². The van der Waals surface area contributed by atoms with Crippen molar-refractivity contribution in [2.45, 2.75) is 0 Å². The SMILES string of the molecule is COn1c(=O)oc2ccccc21.Cl. The minimum Gasteiger partial charge on any atom is -0.411 e. The van der Waals surface area contributed by atoms with Gasteiger partial charge in [-0.3, -0.25) is 0 Å². The fourth-order valence-corrected chi connectivity index (χ4v) is 1.12. The molecule has 2 aromatic rings. The number of hydrogen-bond donors (Lipinski definition) is 0. The largest absolute Gasteiger partial charge is 0.453 e. The smallest absolute Gasteiger partial charge is 0.411 e. The maximum absolute atomic E-state index is 11.0. The lowest BCUT2D eigenvalue weighted by Gasteiger charge is -1.95. The Morgan fingerprint density at radius 1 is 1.38 bits per heavy atom. The summed E-state index contributed by atoms with van der Waals surface area (Å²) in [7, 11) is 1.42. The van der Waals surface area contributed by atoms with Gasteiger partial charge in [0, 0.05) is 0 Å². The van der Waals surface area contributed by atoms with Crippen LogP contribution in [0.1, 0.15) is 0 Å². The van der Waals surface area contributed by atoms with Crippen LogP contribution in [-0.2, 0) is 0 Å². The molecule has 0 atom stereocenters. The van der Waals surface area contributed by atoms with Gasteiger partial charge in [-0.05, 0) is 12.1 Å². The molecule has 0 spiro atoms. The first kappa shape index (κ1) is 9.67. The van der Waals surface area contributed by atoms with Crippen LogP contribution >= 0.6 is 12.4 Å². The standard InChI is InChI=1S/C8H7NO3.ClH/c1-11-9-6-4-2-3-5-7(6)12-8(9)10;/h2-5H,1H3;1H. The van der Waals surface area contributed by atoms with Gasteiger partial charge in [0.15, 0.2) is 5.58 Å². The quantitative estimate of drug-likeness (QED) is 0.694. The summed E-state index contributed by atoms with van der Waals surface area (Å²) in [6.07, 6.45) is 0. The maximum atomic E-state index is 11.0. The number of halogens is 1. The first-order valence-corrected chi connectivity index (χ1v) is 3.48. The minimum atomic E-state index is -0.501. The molecule has 0 saturated heterocycles. The number of nitrogens with zero attached hydrogens (tertiary/aromatic N) is 1. The molecular formula is C8H8ClNO3. The number of benzene rings is 1. The van der Waals surface area contributed by atoms with Gasteiger partial charge in [0.1, 0.15) is 12.6 Å². The third-order valence-electron chi connectivity index (χ3n) is 1.63. The number of fused-ring (bicyclic) bond motifs is 1. The first-order chi connectivity index (χ1) is 5.83. The number of hydrogen-bond acceptors (Lipinski definition) is 3. The molecule has 13 heavy (non-hydrogen) atoms. The van der Waals surface area contributed by atoms with Gasteiger partial charge < -0.3 is 9.25 Å². The van der Waals surface area contributed by atoms with E-state index in [0.29, 0.717) is 11.1 Å². The fraction of sp³-hybridized carbons (Fsp3) is 0.125. The lowest BCUT2D eigenvalue weighted by molar-refractivity contribution is 0.155. The fourth-order valence-electron chi connectivity index (χ4n) is 1.12. The number of aromatic nitrogens is 1. The van der Waals surface area contributed by atoms with Crippen LogP contribution in [0.3, 0.4) is 0 Å². The predicted octanol–water partition coefficient (Wildman–Crippen LogP) is 1.07. The number of para-hydroxylation sites is 2. The molecule has 0 bridgehead atoms. The van der Waals surface area contributed by atoms with Gasteiger partial charge in [-0.25, -0.2) is 4.79 Å². The van der Waals surface area contributed by atoms with E-state index in [2.05, 4.69) is 0 Å². The second kappa shape index (κ2) is 3.53. The highest BCUT2D eigenvalue weighted by Gasteiger charge is 2.06. The summed E-state index contributed by atoms with van der Waals surface area (Å²) in [5.41, 5.74) is 1.18. The molecule has 5 heteroatoms. The van der Waals surface area contributed by atoms with Crippen molar-refractivity contribution in [2.75, 3.05) is 7.11 Å². The normalized spacial score (nSPS) is 9.62. The van der Waals surface area contributed by atoms with Crippen LogP contribution in [0.2, 0.25) is 0 Å². The lowest BCUT2D eigenvalue weighted by atomic mass is 10.3. The number of oxazole rings is 1. The number of rotatable bonds is 1. The summed E-state index contributed by atoms with van der Waals surface area (Å²) in [6, 6.07) is 7.08. The Morgan fingerprint density at radius 2 is 2.08 bits per heavy atom. The molecular weight excluding hydrogens is 194 g/mol. The molecule has 0 aliphatic rings. The van der Waals surface area contributed by atoms with Crippen molar-refractivity contribution in [3.63, 3.8) is 0 Å². The second-order valence-corrected chi connectivity index (χ2v) is 2.31. The van der Waals surface area contributed by atoms with Crippen molar-refractivity contribution < 1.29 is 9.25 Å². The summed E-state index contributed by atoms with van der Waals surface area (Å²) in [6.45, 7) is 0. The Hall–Kier alpha value is -1.42. The van der Waals surface area contributed by atoms with Crippen LogP contribution in [0, 0.1) is 0 Å². The molecule has 0 aliphatic carbocycles. The van der Waals surface area contributed by atoms with E-state index < -0.39 is 5.76 Å². The highest BCUT2D eigenvalue weighted by atomic mass is 35.5. The van der Waals surface area contributed by atoms with Crippen molar-refractivity contribution in [1.29, 1.82) is 0 Å². The molecule has 0 saturated carbocycles. The molecule has 0 amide bonds.